The van der Waals surface area contributed by atoms with E-state index in [9.17, 15) is 35.9 Å². The average Bonchev–Trinajstić information content (AvgIpc) is 3.28. The summed E-state index contributed by atoms with van der Waals surface area (Å²) in [5, 5.41) is 2.38. The van der Waals surface area contributed by atoms with Crippen LogP contribution in [0.15, 0.2) is 40.9 Å². The van der Waals surface area contributed by atoms with Gasteiger partial charge < -0.3 is 5.32 Å². The normalized spacial score (nSPS) is 19.6. The van der Waals surface area contributed by atoms with Crippen molar-refractivity contribution in [2.75, 3.05) is 5.32 Å². The van der Waals surface area contributed by atoms with Crippen LogP contribution in [-0.2, 0) is 11.0 Å². The second-order valence-corrected chi connectivity index (χ2v) is 10.3. The maximum Gasteiger partial charge on any atom is 0.417 e. The zero-order chi connectivity index (χ0) is 25.6. The Labute approximate surface area is 212 Å². The van der Waals surface area contributed by atoms with Crippen LogP contribution in [0.2, 0.25) is 5.02 Å². The molecule has 0 radical (unpaired) electrons. The van der Waals surface area contributed by atoms with Crippen molar-refractivity contribution in [2.24, 2.45) is 5.92 Å². The second-order valence-electron chi connectivity index (χ2n) is 7.59. The van der Waals surface area contributed by atoms with Gasteiger partial charge in [0, 0.05) is 28.1 Å². The fourth-order valence-electron chi connectivity index (χ4n) is 3.45. The monoisotopic (exact) mass is 609 g/mol. The van der Waals surface area contributed by atoms with Crippen molar-refractivity contribution in [3.63, 3.8) is 0 Å². The van der Waals surface area contributed by atoms with Crippen molar-refractivity contribution in [3.8, 4) is 0 Å². The van der Waals surface area contributed by atoms with Gasteiger partial charge in [0.25, 0.3) is 0 Å². The first-order chi connectivity index (χ1) is 15.5. The molecule has 0 spiro atoms. The van der Waals surface area contributed by atoms with Crippen LogP contribution in [0.3, 0.4) is 0 Å². The predicted octanol–water partition coefficient (Wildman–Crippen LogP) is 8.17. The fraction of sp³-hybridized carbons (Fsp3) is 0.333. The Morgan fingerprint density at radius 1 is 1.03 bits per heavy atom. The molecule has 2 atom stereocenters. The first-order valence-corrected chi connectivity index (χ1v) is 11.4. The number of nitrogens with one attached hydrogen (secondary N) is 1. The Bertz CT molecular complexity index is 1140. The molecule has 13 heteroatoms. The van der Waals surface area contributed by atoms with Crippen LogP contribution in [0.25, 0.3) is 0 Å². The highest BCUT2D eigenvalue weighted by Gasteiger charge is 2.67. The number of amides is 1. The van der Waals surface area contributed by atoms with E-state index in [2.05, 4.69) is 21.2 Å². The lowest BCUT2D eigenvalue weighted by molar-refractivity contribution is -0.138. The Hall–Kier alpha value is -1.49. The van der Waals surface area contributed by atoms with Gasteiger partial charge in [-0.1, -0.05) is 33.6 Å². The van der Waals surface area contributed by atoms with Gasteiger partial charge in [0.15, 0.2) is 5.78 Å². The summed E-state index contributed by atoms with van der Waals surface area (Å²) in [7, 11) is 0. The first-order valence-electron chi connectivity index (χ1n) is 9.47. The predicted molar refractivity (Wildman–Crippen MR) is 120 cm³/mol. The van der Waals surface area contributed by atoms with E-state index in [1.807, 2.05) is 0 Å². The number of carbonyl (C=O) groups excluding carboxylic acids is 2. The Morgan fingerprint density at radius 3 is 2.24 bits per heavy atom. The van der Waals surface area contributed by atoms with E-state index >= 15 is 0 Å². The van der Waals surface area contributed by atoms with E-state index in [0.717, 1.165) is 12.1 Å². The van der Waals surface area contributed by atoms with Gasteiger partial charge in [-0.25, -0.2) is 0 Å². The van der Waals surface area contributed by atoms with Gasteiger partial charge in [0.2, 0.25) is 5.91 Å². The number of Topliss-reactive ketones (excluding diaryl/α,β-unsaturated/α-hetero) is 1. The van der Waals surface area contributed by atoms with Gasteiger partial charge in [0.05, 0.1) is 22.9 Å². The largest absolute Gasteiger partial charge is 0.417 e. The third kappa shape index (κ3) is 6.01. The first kappa shape index (κ1) is 27.1. The Morgan fingerprint density at radius 2 is 1.68 bits per heavy atom. The maximum absolute atomic E-state index is 13.0. The molecule has 1 aliphatic carbocycles. The van der Waals surface area contributed by atoms with Gasteiger partial charge in [-0.15, -0.1) is 23.2 Å². The SMILES string of the molecule is O=C(CCC(F)(F)F)c1cc(NC(=O)C2C(c3ccc(C(F)(F)F)c(Br)c3)C2(Cl)Cl)ccc1Cl. The molecular weight excluding hydrogens is 598 g/mol. The minimum absolute atomic E-state index is 0.0631. The lowest BCUT2D eigenvalue weighted by atomic mass is 10.0. The molecule has 3 rings (SSSR count). The van der Waals surface area contributed by atoms with Gasteiger partial charge in [-0.3, -0.25) is 9.59 Å². The molecule has 1 amide bonds. The van der Waals surface area contributed by atoms with Crippen molar-refractivity contribution in [1.29, 1.82) is 0 Å². The summed E-state index contributed by atoms with van der Waals surface area (Å²) >= 11 is 21.2. The van der Waals surface area contributed by atoms with E-state index in [1.54, 1.807) is 0 Å². The van der Waals surface area contributed by atoms with Crippen molar-refractivity contribution in [2.45, 2.75) is 35.4 Å². The van der Waals surface area contributed by atoms with Crippen LogP contribution >= 0.6 is 50.7 Å². The van der Waals surface area contributed by atoms with E-state index in [4.69, 9.17) is 34.8 Å². The molecule has 1 N–H and O–H groups in total. The highest BCUT2D eigenvalue weighted by Crippen LogP contribution is 2.65. The molecule has 3 nitrogen and oxygen atoms in total. The van der Waals surface area contributed by atoms with Gasteiger partial charge in [-0.05, 0) is 35.9 Å². The van der Waals surface area contributed by atoms with Crippen molar-refractivity contribution in [3.05, 3.63) is 62.6 Å². The Kier molecular flexibility index (Phi) is 7.59. The quantitative estimate of drug-likeness (QED) is 0.204. The number of carbonyl (C=O) groups is 2. The van der Waals surface area contributed by atoms with Crippen molar-refractivity contribution in [1.82, 2.24) is 0 Å². The number of halogens is 10. The number of anilines is 1. The number of hydrogen-bond acceptors (Lipinski definition) is 2. The molecule has 1 fully saturated rings. The smallest absolute Gasteiger partial charge is 0.326 e. The fourth-order valence-corrected chi connectivity index (χ4v) is 5.12. The minimum Gasteiger partial charge on any atom is -0.326 e. The van der Waals surface area contributed by atoms with E-state index < -0.39 is 58.6 Å². The molecule has 2 aromatic carbocycles. The molecule has 2 unspecified atom stereocenters. The average molecular weight is 612 g/mol. The number of rotatable bonds is 6. The van der Waals surface area contributed by atoms with E-state index in [1.165, 1.54) is 24.3 Å². The summed E-state index contributed by atoms with van der Waals surface area (Å²) in [5.41, 5.74) is -0.750. The number of ketones is 1. The zero-order valence-electron chi connectivity index (χ0n) is 16.6. The highest BCUT2D eigenvalue weighted by molar-refractivity contribution is 9.10. The van der Waals surface area contributed by atoms with Gasteiger partial charge >= 0.3 is 12.4 Å². The van der Waals surface area contributed by atoms with E-state index in [-0.39, 0.29) is 20.7 Å². The molecule has 0 aromatic heterocycles. The van der Waals surface area contributed by atoms with Gasteiger partial charge in [0.1, 0.15) is 4.33 Å². The van der Waals surface area contributed by atoms with Gasteiger partial charge in [-0.2, -0.15) is 26.3 Å². The molecule has 0 saturated heterocycles. The van der Waals surface area contributed by atoms with Crippen LogP contribution in [0.4, 0.5) is 32.0 Å². The van der Waals surface area contributed by atoms with Crippen LogP contribution in [0, 0.1) is 5.92 Å². The summed E-state index contributed by atoms with van der Waals surface area (Å²) in [4.78, 5) is 24.9. The molecule has 1 saturated carbocycles. The highest BCUT2D eigenvalue weighted by atomic mass is 79.9. The summed E-state index contributed by atoms with van der Waals surface area (Å²) in [6, 6.07) is 6.90. The third-order valence-corrected chi connectivity index (χ3v) is 7.09. The second kappa shape index (κ2) is 9.52. The Balaban J connectivity index is 1.76. The van der Waals surface area contributed by atoms with Crippen molar-refractivity contribution < 1.29 is 35.9 Å². The summed E-state index contributed by atoms with van der Waals surface area (Å²) < 4.78 is 74.3. The van der Waals surface area contributed by atoms with Crippen LogP contribution in [0.1, 0.15) is 40.2 Å². The van der Waals surface area contributed by atoms with Crippen molar-refractivity contribution >= 4 is 68.1 Å². The topological polar surface area (TPSA) is 46.2 Å². The molecular formula is C21H13BrCl3F6NO2. The van der Waals surface area contributed by atoms with E-state index in [0.29, 0.717) is 5.56 Å². The maximum atomic E-state index is 13.0. The molecule has 0 aliphatic heterocycles. The standard InChI is InChI=1S/C21H13BrCl3F6NO2/c22-13-7-9(1-3-12(13)21(29,30)31)16-17(20(16,24)25)18(34)32-10-2-4-14(23)11(8-10)15(33)5-6-19(26,27)28/h1-4,7-8,16-17H,5-6H2,(H,32,34). The van der Waals surface area contributed by atoms with Crippen LogP contribution < -0.4 is 5.32 Å². The number of hydrogen-bond donors (Lipinski definition) is 1. The molecule has 34 heavy (non-hydrogen) atoms. The summed E-state index contributed by atoms with van der Waals surface area (Å²) in [6.07, 6.45) is -11.3. The molecule has 0 heterocycles. The summed E-state index contributed by atoms with van der Waals surface area (Å²) in [5.74, 6) is -3.42. The lowest BCUT2D eigenvalue weighted by Gasteiger charge is -2.11. The molecule has 1 aliphatic rings. The van der Waals surface area contributed by atoms with Crippen LogP contribution in [0.5, 0.6) is 0 Å². The molecule has 2 aromatic rings. The number of benzene rings is 2. The zero-order valence-corrected chi connectivity index (χ0v) is 20.5. The molecule has 0 bridgehead atoms. The molecule has 184 valence electrons. The summed E-state index contributed by atoms with van der Waals surface area (Å²) in [6.45, 7) is 0. The third-order valence-electron chi connectivity index (χ3n) is 5.16. The number of alkyl halides is 8. The minimum atomic E-state index is -4.58. The lowest BCUT2D eigenvalue weighted by Crippen LogP contribution is -2.17. The van der Waals surface area contributed by atoms with Crippen LogP contribution in [-0.4, -0.2) is 22.2 Å².